The summed E-state index contributed by atoms with van der Waals surface area (Å²) in [7, 11) is 3.43. The Bertz CT molecular complexity index is 377. The molecule has 0 aliphatic heterocycles. The van der Waals surface area contributed by atoms with Gasteiger partial charge in [-0.15, -0.1) is 0 Å². The SMILES string of the molecule is CN=C(NCCCc1ccc(O)cc1)NCCOC. The maximum atomic E-state index is 9.19. The molecule has 0 aliphatic carbocycles. The zero-order chi connectivity index (χ0) is 13.9. The number of methoxy groups -OCH3 is 1. The lowest BCUT2D eigenvalue weighted by atomic mass is 10.1. The van der Waals surface area contributed by atoms with E-state index in [1.54, 1.807) is 26.3 Å². The largest absolute Gasteiger partial charge is 0.508 e. The van der Waals surface area contributed by atoms with Crippen LogP contribution in [0.25, 0.3) is 0 Å². The van der Waals surface area contributed by atoms with Crippen molar-refractivity contribution in [2.45, 2.75) is 12.8 Å². The van der Waals surface area contributed by atoms with Gasteiger partial charge in [0.05, 0.1) is 6.61 Å². The lowest BCUT2D eigenvalue weighted by Crippen LogP contribution is -2.39. The molecule has 19 heavy (non-hydrogen) atoms. The molecule has 5 heteroatoms. The number of guanidine groups is 1. The minimum atomic E-state index is 0.310. The predicted octanol–water partition coefficient (Wildman–Crippen LogP) is 1.14. The molecule has 0 unspecified atom stereocenters. The number of aryl methyl sites for hydroxylation is 1. The summed E-state index contributed by atoms with van der Waals surface area (Å²) < 4.78 is 4.96. The smallest absolute Gasteiger partial charge is 0.191 e. The molecule has 1 rings (SSSR count). The number of hydrogen-bond acceptors (Lipinski definition) is 3. The van der Waals surface area contributed by atoms with Crippen molar-refractivity contribution in [3.63, 3.8) is 0 Å². The molecule has 0 radical (unpaired) electrons. The minimum Gasteiger partial charge on any atom is -0.508 e. The van der Waals surface area contributed by atoms with E-state index in [0.29, 0.717) is 12.4 Å². The number of benzene rings is 1. The lowest BCUT2D eigenvalue weighted by Gasteiger charge is -2.11. The van der Waals surface area contributed by atoms with Gasteiger partial charge in [0.15, 0.2) is 5.96 Å². The highest BCUT2D eigenvalue weighted by Gasteiger charge is 1.97. The summed E-state index contributed by atoms with van der Waals surface area (Å²) in [5.74, 6) is 1.10. The zero-order valence-corrected chi connectivity index (χ0v) is 11.6. The number of rotatable bonds is 7. The molecule has 0 saturated heterocycles. The van der Waals surface area contributed by atoms with Gasteiger partial charge in [-0.05, 0) is 30.5 Å². The van der Waals surface area contributed by atoms with Crippen LogP contribution in [0.1, 0.15) is 12.0 Å². The molecular formula is C14H23N3O2. The van der Waals surface area contributed by atoms with Gasteiger partial charge in [0.1, 0.15) is 5.75 Å². The van der Waals surface area contributed by atoms with Crippen molar-refractivity contribution < 1.29 is 9.84 Å². The van der Waals surface area contributed by atoms with Gasteiger partial charge >= 0.3 is 0 Å². The average Bonchev–Trinajstić information content (AvgIpc) is 2.43. The fourth-order valence-electron chi connectivity index (χ4n) is 1.65. The number of phenolic OH excluding ortho intramolecular Hbond substituents is 1. The van der Waals surface area contributed by atoms with Gasteiger partial charge in [0.2, 0.25) is 0 Å². The highest BCUT2D eigenvalue weighted by molar-refractivity contribution is 5.79. The van der Waals surface area contributed by atoms with E-state index in [4.69, 9.17) is 4.74 Å². The van der Waals surface area contributed by atoms with Crippen molar-refractivity contribution in [1.82, 2.24) is 10.6 Å². The van der Waals surface area contributed by atoms with Crippen molar-refractivity contribution in [3.8, 4) is 5.75 Å². The number of nitrogens with zero attached hydrogens (tertiary/aromatic N) is 1. The molecule has 0 heterocycles. The Labute approximate surface area is 114 Å². The second kappa shape index (κ2) is 9.22. The van der Waals surface area contributed by atoms with E-state index in [2.05, 4.69) is 15.6 Å². The van der Waals surface area contributed by atoms with E-state index in [9.17, 15) is 5.11 Å². The second-order valence-corrected chi connectivity index (χ2v) is 4.19. The molecule has 5 nitrogen and oxygen atoms in total. The molecule has 1 aromatic carbocycles. The number of aromatic hydroxyl groups is 1. The van der Waals surface area contributed by atoms with Gasteiger partial charge in [-0.2, -0.15) is 0 Å². The lowest BCUT2D eigenvalue weighted by molar-refractivity contribution is 0.203. The fourth-order valence-corrected chi connectivity index (χ4v) is 1.65. The molecule has 0 aliphatic rings. The Morgan fingerprint density at radius 3 is 2.53 bits per heavy atom. The van der Waals surface area contributed by atoms with E-state index in [0.717, 1.165) is 31.9 Å². The zero-order valence-electron chi connectivity index (χ0n) is 11.6. The summed E-state index contributed by atoms with van der Waals surface area (Å²) in [5.41, 5.74) is 1.22. The third-order valence-electron chi connectivity index (χ3n) is 2.69. The van der Waals surface area contributed by atoms with Crippen LogP contribution in [0, 0.1) is 0 Å². The van der Waals surface area contributed by atoms with Gasteiger partial charge in [-0.3, -0.25) is 4.99 Å². The van der Waals surface area contributed by atoms with Crippen LogP contribution >= 0.6 is 0 Å². The molecule has 0 aromatic heterocycles. The van der Waals surface area contributed by atoms with Crippen LogP contribution in [0.2, 0.25) is 0 Å². The van der Waals surface area contributed by atoms with E-state index < -0.39 is 0 Å². The van der Waals surface area contributed by atoms with Crippen LogP contribution in [-0.2, 0) is 11.2 Å². The highest BCUT2D eigenvalue weighted by Crippen LogP contribution is 2.10. The van der Waals surface area contributed by atoms with Crippen LogP contribution in [0.15, 0.2) is 29.3 Å². The minimum absolute atomic E-state index is 0.310. The van der Waals surface area contributed by atoms with Crippen molar-refractivity contribution in [2.75, 3.05) is 33.9 Å². The second-order valence-electron chi connectivity index (χ2n) is 4.19. The summed E-state index contributed by atoms with van der Waals surface area (Å²) in [4.78, 5) is 4.12. The standard InChI is InChI=1S/C14H23N3O2/c1-15-14(17-10-11-19-2)16-9-3-4-12-5-7-13(18)8-6-12/h5-8,18H,3-4,9-11H2,1-2H3,(H2,15,16,17). The third-order valence-corrected chi connectivity index (χ3v) is 2.69. The van der Waals surface area contributed by atoms with Crippen molar-refractivity contribution in [1.29, 1.82) is 0 Å². The van der Waals surface area contributed by atoms with Crippen molar-refractivity contribution >= 4 is 5.96 Å². The maximum absolute atomic E-state index is 9.19. The van der Waals surface area contributed by atoms with Crippen LogP contribution in [0.3, 0.4) is 0 Å². The molecule has 106 valence electrons. The van der Waals surface area contributed by atoms with Gasteiger partial charge in [-0.25, -0.2) is 0 Å². The van der Waals surface area contributed by atoms with Gasteiger partial charge in [0.25, 0.3) is 0 Å². The topological polar surface area (TPSA) is 65.9 Å². The Kier molecular flexibility index (Phi) is 7.43. The Morgan fingerprint density at radius 2 is 1.89 bits per heavy atom. The van der Waals surface area contributed by atoms with Crippen LogP contribution in [-0.4, -0.2) is 44.9 Å². The number of ether oxygens (including phenoxy) is 1. The first kappa shape index (κ1) is 15.3. The summed E-state index contributed by atoms with van der Waals surface area (Å²) in [6.45, 7) is 2.26. The van der Waals surface area contributed by atoms with E-state index in [1.807, 2.05) is 12.1 Å². The van der Waals surface area contributed by atoms with E-state index in [-0.39, 0.29) is 0 Å². The molecule has 0 saturated carbocycles. The number of aliphatic imine (C=N–C) groups is 1. The van der Waals surface area contributed by atoms with E-state index >= 15 is 0 Å². The fraction of sp³-hybridized carbons (Fsp3) is 0.500. The number of phenols is 1. The molecule has 0 bridgehead atoms. The highest BCUT2D eigenvalue weighted by atomic mass is 16.5. The van der Waals surface area contributed by atoms with Gasteiger partial charge in [-0.1, -0.05) is 12.1 Å². The first-order valence-corrected chi connectivity index (χ1v) is 6.47. The van der Waals surface area contributed by atoms with Crippen LogP contribution < -0.4 is 10.6 Å². The number of nitrogens with one attached hydrogen (secondary N) is 2. The Hall–Kier alpha value is -1.75. The summed E-state index contributed by atoms with van der Waals surface area (Å²) in [6, 6.07) is 7.32. The monoisotopic (exact) mass is 265 g/mol. The Morgan fingerprint density at radius 1 is 1.21 bits per heavy atom. The molecular weight excluding hydrogens is 242 g/mol. The van der Waals surface area contributed by atoms with Crippen LogP contribution in [0.4, 0.5) is 0 Å². The summed E-state index contributed by atoms with van der Waals surface area (Å²) in [6.07, 6.45) is 1.98. The molecule has 0 spiro atoms. The first-order chi connectivity index (χ1) is 9.26. The predicted molar refractivity (Wildman–Crippen MR) is 77.7 cm³/mol. The third kappa shape index (κ3) is 6.67. The molecule has 0 fully saturated rings. The van der Waals surface area contributed by atoms with Crippen molar-refractivity contribution in [3.05, 3.63) is 29.8 Å². The maximum Gasteiger partial charge on any atom is 0.191 e. The Balaban J connectivity index is 2.16. The van der Waals surface area contributed by atoms with Gasteiger partial charge < -0.3 is 20.5 Å². The van der Waals surface area contributed by atoms with E-state index in [1.165, 1.54) is 5.56 Å². The van der Waals surface area contributed by atoms with Crippen molar-refractivity contribution in [2.24, 2.45) is 4.99 Å². The normalized spacial score (nSPS) is 11.4. The van der Waals surface area contributed by atoms with Crippen LogP contribution in [0.5, 0.6) is 5.75 Å². The average molecular weight is 265 g/mol. The number of hydrogen-bond donors (Lipinski definition) is 3. The molecule has 1 aromatic rings. The molecule has 3 N–H and O–H groups in total. The summed E-state index contributed by atoms with van der Waals surface area (Å²) in [5, 5.41) is 15.6. The molecule has 0 atom stereocenters. The quantitative estimate of drug-likeness (QED) is 0.393. The summed E-state index contributed by atoms with van der Waals surface area (Å²) >= 11 is 0. The first-order valence-electron chi connectivity index (χ1n) is 6.47. The van der Waals surface area contributed by atoms with Gasteiger partial charge in [0, 0.05) is 27.2 Å². The molecule has 0 amide bonds.